The third-order valence-electron chi connectivity index (χ3n) is 3.74. The third kappa shape index (κ3) is 5.01. The first-order chi connectivity index (χ1) is 12.2. The quantitative estimate of drug-likeness (QED) is 0.702. The highest BCUT2D eigenvalue weighted by atomic mass is 32.2. The van der Waals surface area contributed by atoms with Crippen LogP contribution in [0, 0.1) is 6.92 Å². The molecule has 1 aromatic heterocycles. The Morgan fingerprint density at radius 3 is 2.33 bits per heavy atom. The van der Waals surface area contributed by atoms with Crippen LogP contribution < -0.4 is 0 Å². The number of nitrogens with zero attached hydrogens (tertiary/aromatic N) is 3. The van der Waals surface area contributed by atoms with Crippen molar-refractivity contribution in [1.82, 2.24) is 13.9 Å². The predicted molar refractivity (Wildman–Crippen MR) is 83.1 cm³/mol. The average molecular weight is 415 g/mol. The lowest BCUT2D eigenvalue weighted by atomic mass is 10.1. The minimum absolute atomic E-state index is 0.148. The molecule has 0 aliphatic carbocycles. The van der Waals surface area contributed by atoms with Gasteiger partial charge in [-0.05, 0) is 24.6 Å². The highest BCUT2D eigenvalue weighted by Gasteiger charge is 2.35. The molecule has 150 valence electrons. The highest BCUT2D eigenvalue weighted by Crippen LogP contribution is 2.33. The molecule has 0 amide bonds. The second-order valence-electron chi connectivity index (χ2n) is 5.82. The number of benzene rings is 1. The smallest absolute Gasteiger partial charge is 0.325 e. The van der Waals surface area contributed by atoms with Crippen molar-refractivity contribution < 1.29 is 34.8 Å². The van der Waals surface area contributed by atoms with E-state index in [-0.39, 0.29) is 11.4 Å². The van der Waals surface area contributed by atoms with Gasteiger partial charge in [0.1, 0.15) is 12.4 Å². The van der Waals surface area contributed by atoms with Crippen molar-refractivity contribution in [3.8, 4) is 0 Å². The minimum Gasteiger partial charge on any atom is -0.325 e. The Balaban J connectivity index is 2.32. The molecular formula is C15H15F6N3O2S. The van der Waals surface area contributed by atoms with Gasteiger partial charge in [0, 0.05) is 19.4 Å². The first-order valence-electron chi connectivity index (χ1n) is 7.43. The fraction of sp³-hybridized carbons (Fsp3) is 0.400. The summed E-state index contributed by atoms with van der Waals surface area (Å²) in [5.41, 5.74) is -1.25. The summed E-state index contributed by atoms with van der Waals surface area (Å²) in [7, 11) is -3.33. The molecule has 0 saturated heterocycles. The molecule has 12 heteroatoms. The molecule has 0 aliphatic heterocycles. The van der Waals surface area contributed by atoms with Crippen LogP contribution in [0.4, 0.5) is 26.3 Å². The molecule has 0 fully saturated rings. The van der Waals surface area contributed by atoms with E-state index in [9.17, 15) is 34.8 Å². The second-order valence-corrected chi connectivity index (χ2v) is 7.87. The summed E-state index contributed by atoms with van der Waals surface area (Å²) in [6.07, 6.45) is -7.16. The van der Waals surface area contributed by atoms with Crippen LogP contribution in [-0.2, 0) is 29.3 Å². The summed E-state index contributed by atoms with van der Waals surface area (Å²) < 4.78 is 103. The topological polar surface area (TPSA) is 55.2 Å². The molecule has 0 spiro atoms. The molecular weight excluding hydrogens is 400 g/mol. The first-order valence-corrected chi connectivity index (χ1v) is 8.87. The number of halogens is 6. The maximum absolute atomic E-state index is 13.0. The Morgan fingerprint density at radius 1 is 1.15 bits per heavy atom. The maximum atomic E-state index is 13.0. The predicted octanol–water partition coefficient (Wildman–Crippen LogP) is 3.59. The molecule has 0 N–H and O–H groups in total. The normalized spacial score (nSPS) is 13.4. The minimum atomic E-state index is -4.74. The fourth-order valence-corrected chi connectivity index (χ4v) is 3.51. The van der Waals surface area contributed by atoms with Crippen LogP contribution in [0.15, 0.2) is 35.5 Å². The van der Waals surface area contributed by atoms with Gasteiger partial charge < -0.3 is 4.57 Å². The molecule has 2 rings (SSSR count). The van der Waals surface area contributed by atoms with Gasteiger partial charge in [-0.15, -0.1) is 0 Å². The van der Waals surface area contributed by atoms with Crippen LogP contribution in [-0.4, -0.2) is 35.5 Å². The van der Waals surface area contributed by atoms with Crippen molar-refractivity contribution in [2.45, 2.75) is 37.3 Å². The average Bonchev–Trinajstić information content (AvgIpc) is 2.91. The SMILES string of the molecule is Cc1ccc(S(=O)(=O)N(C)Cc2nccn2CC(F)(F)F)cc1C(F)(F)F. The second kappa shape index (κ2) is 7.15. The third-order valence-corrected chi connectivity index (χ3v) is 5.54. The van der Waals surface area contributed by atoms with Gasteiger partial charge in [0.15, 0.2) is 0 Å². The van der Waals surface area contributed by atoms with E-state index < -0.39 is 45.9 Å². The van der Waals surface area contributed by atoms with Crippen molar-refractivity contribution in [1.29, 1.82) is 0 Å². The van der Waals surface area contributed by atoms with Gasteiger partial charge >= 0.3 is 12.4 Å². The van der Waals surface area contributed by atoms with Crippen molar-refractivity contribution in [3.05, 3.63) is 47.5 Å². The molecule has 0 aliphatic rings. The number of imidazole rings is 1. The van der Waals surface area contributed by atoms with Gasteiger partial charge in [0.2, 0.25) is 10.0 Å². The van der Waals surface area contributed by atoms with Crippen LogP contribution in [0.2, 0.25) is 0 Å². The number of hydrogen-bond donors (Lipinski definition) is 0. The zero-order chi connectivity index (χ0) is 20.6. The van der Waals surface area contributed by atoms with Crippen LogP contribution in [0.3, 0.4) is 0 Å². The summed E-state index contributed by atoms with van der Waals surface area (Å²) in [4.78, 5) is 3.08. The lowest BCUT2D eigenvalue weighted by molar-refractivity contribution is -0.141. The Bertz CT molecular complexity index is 918. The van der Waals surface area contributed by atoms with Gasteiger partial charge in [0.25, 0.3) is 0 Å². The van der Waals surface area contributed by atoms with E-state index in [1.54, 1.807) is 0 Å². The van der Waals surface area contributed by atoms with Gasteiger partial charge in [0.05, 0.1) is 17.0 Å². The van der Waals surface area contributed by atoms with Crippen molar-refractivity contribution in [3.63, 3.8) is 0 Å². The van der Waals surface area contributed by atoms with Crippen LogP contribution in [0.5, 0.6) is 0 Å². The van der Waals surface area contributed by atoms with Crippen molar-refractivity contribution >= 4 is 10.0 Å². The monoisotopic (exact) mass is 415 g/mol. The van der Waals surface area contributed by atoms with Crippen molar-refractivity contribution in [2.75, 3.05) is 7.05 Å². The zero-order valence-electron chi connectivity index (χ0n) is 14.1. The van der Waals surface area contributed by atoms with Gasteiger partial charge in [-0.3, -0.25) is 0 Å². The van der Waals surface area contributed by atoms with E-state index in [2.05, 4.69) is 4.98 Å². The Hall–Kier alpha value is -2.08. The van der Waals surface area contributed by atoms with Gasteiger partial charge in [-0.1, -0.05) is 6.07 Å². The molecule has 0 atom stereocenters. The molecule has 0 saturated carbocycles. The van der Waals surface area contributed by atoms with E-state index >= 15 is 0 Å². The number of aryl methyl sites for hydroxylation is 1. The summed E-state index contributed by atoms with van der Waals surface area (Å²) in [6, 6.07) is 2.54. The summed E-state index contributed by atoms with van der Waals surface area (Å²) >= 11 is 0. The maximum Gasteiger partial charge on any atom is 0.416 e. The summed E-state index contributed by atoms with van der Waals surface area (Å²) in [6.45, 7) is -0.712. The lowest BCUT2D eigenvalue weighted by Gasteiger charge is -2.19. The number of alkyl halides is 6. The van der Waals surface area contributed by atoms with E-state index in [0.29, 0.717) is 10.4 Å². The van der Waals surface area contributed by atoms with E-state index in [0.717, 1.165) is 36.1 Å². The molecule has 0 unspecified atom stereocenters. The molecule has 27 heavy (non-hydrogen) atoms. The molecule has 1 aromatic carbocycles. The van der Waals surface area contributed by atoms with E-state index in [1.807, 2.05) is 0 Å². The molecule has 5 nitrogen and oxygen atoms in total. The van der Waals surface area contributed by atoms with E-state index in [4.69, 9.17) is 0 Å². The standard InChI is InChI=1S/C15H15F6N3O2S/c1-10-3-4-11(7-12(10)15(19,20)21)27(25,26)23(2)8-13-22-5-6-24(13)9-14(16,17)18/h3-7H,8-9H2,1-2H3. The number of rotatable bonds is 5. The number of sulfonamides is 1. The lowest BCUT2D eigenvalue weighted by Crippen LogP contribution is -2.29. The largest absolute Gasteiger partial charge is 0.416 e. The highest BCUT2D eigenvalue weighted by molar-refractivity contribution is 7.89. The molecule has 1 heterocycles. The Kier molecular flexibility index (Phi) is 5.62. The Morgan fingerprint density at radius 2 is 1.78 bits per heavy atom. The first kappa shape index (κ1) is 21.2. The molecule has 2 aromatic rings. The number of aromatic nitrogens is 2. The van der Waals surface area contributed by atoms with Crippen LogP contribution >= 0.6 is 0 Å². The van der Waals surface area contributed by atoms with Crippen LogP contribution in [0.1, 0.15) is 17.0 Å². The molecule has 0 radical (unpaired) electrons. The number of hydrogen-bond acceptors (Lipinski definition) is 3. The summed E-state index contributed by atoms with van der Waals surface area (Å²) in [5.74, 6) is -0.193. The molecule has 0 bridgehead atoms. The summed E-state index contributed by atoms with van der Waals surface area (Å²) in [5, 5.41) is 0. The van der Waals surface area contributed by atoms with Gasteiger partial charge in [-0.25, -0.2) is 13.4 Å². The van der Waals surface area contributed by atoms with Crippen LogP contribution in [0.25, 0.3) is 0 Å². The Labute approximate surface area is 151 Å². The van der Waals surface area contributed by atoms with Gasteiger partial charge in [-0.2, -0.15) is 30.6 Å². The van der Waals surface area contributed by atoms with Crippen molar-refractivity contribution in [2.24, 2.45) is 0 Å². The fourth-order valence-electron chi connectivity index (χ4n) is 2.36. The zero-order valence-corrected chi connectivity index (χ0v) is 15.0. The van der Waals surface area contributed by atoms with E-state index in [1.165, 1.54) is 6.92 Å².